The minimum absolute atomic E-state index is 0.189. The Bertz CT molecular complexity index is 744. The lowest BCUT2D eigenvalue weighted by molar-refractivity contribution is 0.415. The molecule has 0 aliphatic carbocycles. The zero-order valence-electron chi connectivity index (χ0n) is 11.2. The average Bonchev–Trinajstić information content (AvgIpc) is 2.36. The summed E-state index contributed by atoms with van der Waals surface area (Å²) < 4.78 is 16.9. The van der Waals surface area contributed by atoms with Crippen LogP contribution in [0.5, 0.6) is 5.75 Å². The van der Waals surface area contributed by atoms with E-state index in [-0.39, 0.29) is 5.95 Å². The van der Waals surface area contributed by atoms with Crippen molar-refractivity contribution in [1.29, 1.82) is 0 Å². The second-order valence-corrected chi connectivity index (χ2v) is 6.55. The lowest BCUT2D eigenvalue weighted by Crippen LogP contribution is -2.13. The molecule has 1 aromatic heterocycles. The van der Waals surface area contributed by atoms with Crippen molar-refractivity contribution >= 4 is 21.0 Å². The van der Waals surface area contributed by atoms with Gasteiger partial charge in [0, 0.05) is 33.1 Å². The fraction of sp³-hybridized carbons (Fsp3) is 0.154. The highest BCUT2D eigenvalue weighted by Crippen LogP contribution is 2.24. The predicted octanol–water partition coefficient (Wildman–Crippen LogP) is 0.673. The zero-order chi connectivity index (χ0) is 14.8. The maximum Gasteiger partial charge on any atom is 0.220 e. The SMILES string of the molecule is COc1cc(C=S(C)(N)=O)cc(-c2ccnc(N)n2)c1. The first-order valence-electron chi connectivity index (χ1n) is 5.77. The minimum atomic E-state index is -2.50. The number of nitrogens with zero attached hydrogens (tertiary/aromatic N) is 2. The van der Waals surface area contributed by atoms with Crippen molar-refractivity contribution < 1.29 is 8.95 Å². The highest BCUT2D eigenvalue weighted by atomic mass is 32.2. The van der Waals surface area contributed by atoms with Gasteiger partial charge in [0.1, 0.15) is 5.75 Å². The Morgan fingerprint density at radius 1 is 1.35 bits per heavy atom. The van der Waals surface area contributed by atoms with E-state index in [2.05, 4.69) is 9.97 Å². The van der Waals surface area contributed by atoms with Crippen LogP contribution in [0.2, 0.25) is 0 Å². The van der Waals surface area contributed by atoms with Crippen molar-refractivity contribution in [2.45, 2.75) is 0 Å². The largest absolute Gasteiger partial charge is 0.497 e. The van der Waals surface area contributed by atoms with Crippen LogP contribution in [-0.2, 0) is 9.71 Å². The topological polar surface area (TPSA) is 104 Å². The summed E-state index contributed by atoms with van der Waals surface area (Å²) in [5.41, 5.74) is 7.72. The van der Waals surface area contributed by atoms with Gasteiger partial charge in [-0.3, -0.25) is 9.35 Å². The highest BCUT2D eigenvalue weighted by Gasteiger charge is 2.06. The number of nitrogen functional groups attached to an aromatic ring is 1. The van der Waals surface area contributed by atoms with E-state index in [0.717, 1.165) is 5.56 Å². The number of ether oxygens (including phenoxy) is 1. The molecule has 4 N–H and O–H groups in total. The molecule has 6 nitrogen and oxygen atoms in total. The van der Waals surface area contributed by atoms with Crippen LogP contribution in [0.4, 0.5) is 5.95 Å². The Morgan fingerprint density at radius 2 is 2.10 bits per heavy atom. The molecule has 20 heavy (non-hydrogen) atoms. The molecule has 1 unspecified atom stereocenters. The predicted molar refractivity (Wildman–Crippen MR) is 81.9 cm³/mol. The lowest BCUT2D eigenvalue weighted by Gasteiger charge is -2.07. The van der Waals surface area contributed by atoms with Crippen LogP contribution in [0, 0.1) is 0 Å². The maximum absolute atomic E-state index is 11.7. The molecular weight excluding hydrogens is 276 g/mol. The summed E-state index contributed by atoms with van der Waals surface area (Å²) in [6.45, 7) is 0. The van der Waals surface area contributed by atoms with E-state index in [1.165, 1.54) is 11.6 Å². The zero-order valence-corrected chi connectivity index (χ0v) is 12.1. The highest BCUT2D eigenvalue weighted by molar-refractivity contribution is 7.98. The fourth-order valence-electron chi connectivity index (χ4n) is 1.76. The number of benzene rings is 1. The van der Waals surface area contributed by atoms with Gasteiger partial charge in [-0.2, -0.15) is 0 Å². The third-order valence-corrected chi connectivity index (χ3v) is 3.24. The van der Waals surface area contributed by atoms with E-state index in [1.54, 1.807) is 25.4 Å². The number of nitrogens with two attached hydrogens (primary N) is 2. The number of hydrogen-bond donors (Lipinski definition) is 2. The summed E-state index contributed by atoms with van der Waals surface area (Å²) in [5, 5.41) is 7.06. The van der Waals surface area contributed by atoms with E-state index in [1.807, 2.05) is 12.1 Å². The van der Waals surface area contributed by atoms with E-state index in [0.29, 0.717) is 17.0 Å². The molecule has 0 aliphatic rings. The molecule has 0 aliphatic heterocycles. The summed E-state index contributed by atoms with van der Waals surface area (Å²) in [5.74, 6) is 0.809. The standard InChI is InChI=1S/C13H16N4O2S/c1-19-11-6-9(8-20(2,15)18)5-10(7-11)12-3-4-16-13(14)17-12/h3-8H,1-2H3,(H2,15,18)(H2,14,16,17). The van der Waals surface area contributed by atoms with Gasteiger partial charge in [-0.05, 0) is 29.8 Å². The molecule has 106 valence electrons. The van der Waals surface area contributed by atoms with E-state index >= 15 is 0 Å². The van der Waals surface area contributed by atoms with Gasteiger partial charge < -0.3 is 10.5 Å². The molecule has 0 spiro atoms. The average molecular weight is 292 g/mol. The normalized spacial score (nSPS) is 13.6. The van der Waals surface area contributed by atoms with Gasteiger partial charge in [-0.15, -0.1) is 0 Å². The monoisotopic (exact) mass is 292 g/mol. The molecule has 0 radical (unpaired) electrons. The van der Waals surface area contributed by atoms with Crippen LogP contribution in [0.3, 0.4) is 0 Å². The molecule has 7 heteroatoms. The number of aromatic nitrogens is 2. The number of methoxy groups -OCH3 is 1. The quantitative estimate of drug-likeness (QED) is 0.809. The number of anilines is 1. The molecule has 0 saturated carbocycles. The molecule has 1 heterocycles. The number of rotatable bonds is 3. The van der Waals surface area contributed by atoms with Gasteiger partial charge in [-0.1, -0.05) is 0 Å². The molecule has 0 amide bonds. The van der Waals surface area contributed by atoms with Crippen LogP contribution in [0.25, 0.3) is 11.3 Å². The Morgan fingerprint density at radius 3 is 2.70 bits per heavy atom. The molecular formula is C13H16N4O2S. The van der Waals surface area contributed by atoms with Crippen molar-refractivity contribution in [3.05, 3.63) is 36.0 Å². The van der Waals surface area contributed by atoms with Crippen LogP contribution >= 0.6 is 0 Å². The molecule has 2 aromatic rings. The second-order valence-electron chi connectivity index (χ2n) is 4.38. The summed E-state index contributed by atoms with van der Waals surface area (Å²) in [4.78, 5) is 8.00. The molecule has 1 atom stereocenters. The third kappa shape index (κ3) is 3.69. The van der Waals surface area contributed by atoms with Gasteiger partial charge in [0.25, 0.3) is 0 Å². The van der Waals surface area contributed by atoms with Crippen molar-refractivity contribution in [2.24, 2.45) is 5.14 Å². The summed E-state index contributed by atoms with van der Waals surface area (Å²) in [7, 11) is -0.939. The maximum atomic E-state index is 11.7. The van der Waals surface area contributed by atoms with Crippen molar-refractivity contribution in [3.63, 3.8) is 0 Å². The summed E-state index contributed by atoms with van der Waals surface area (Å²) >= 11 is 0. The van der Waals surface area contributed by atoms with E-state index in [9.17, 15) is 4.21 Å². The second kappa shape index (κ2) is 5.48. The van der Waals surface area contributed by atoms with Crippen molar-refractivity contribution in [2.75, 3.05) is 19.1 Å². The lowest BCUT2D eigenvalue weighted by atomic mass is 10.1. The van der Waals surface area contributed by atoms with Gasteiger partial charge in [0.15, 0.2) is 0 Å². The van der Waals surface area contributed by atoms with Crippen LogP contribution in [0.1, 0.15) is 5.56 Å². The van der Waals surface area contributed by atoms with Crippen LogP contribution < -0.4 is 15.6 Å². The van der Waals surface area contributed by atoms with Gasteiger partial charge >= 0.3 is 0 Å². The van der Waals surface area contributed by atoms with Crippen LogP contribution in [-0.4, -0.2) is 32.9 Å². The van der Waals surface area contributed by atoms with Crippen LogP contribution in [0.15, 0.2) is 30.5 Å². The first-order valence-corrected chi connectivity index (χ1v) is 7.86. The van der Waals surface area contributed by atoms with E-state index in [4.69, 9.17) is 15.6 Å². The van der Waals surface area contributed by atoms with Gasteiger partial charge in [0.2, 0.25) is 5.95 Å². The van der Waals surface area contributed by atoms with Crippen molar-refractivity contribution in [1.82, 2.24) is 9.97 Å². The number of hydrogen-bond acceptors (Lipinski definition) is 5. The molecule has 2 rings (SSSR count). The third-order valence-electron chi connectivity index (χ3n) is 2.50. The summed E-state index contributed by atoms with van der Waals surface area (Å²) in [6.07, 6.45) is 3.04. The molecule has 0 saturated heterocycles. The van der Waals surface area contributed by atoms with Crippen molar-refractivity contribution in [3.8, 4) is 17.0 Å². The minimum Gasteiger partial charge on any atom is -0.497 e. The Labute approximate surface area is 117 Å². The molecule has 0 bridgehead atoms. The Hall–Kier alpha value is -2.12. The Balaban J connectivity index is 2.60. The van der Waals surface area contributed by atoms with Gasteiger partial charge in [-0.25, -0.2) is 9.97 Å². The first kappa shape index (κ1) is 14.3. The summed E-state index contributed by atoms with van der Waals surface area (Å²) in [6, 6.07) is 7.12. The van der Waals surface area contributed by atoms with Gasteiger partial charge in [0.05, 0.1) is 12.8 Å². The fourth-order valence-corrected chi connectivity index (χ4v) is 2.44. The first-order chi connectivity index (χ1) is 9.37. The van der Waals surface area contributed by atoms with E-state index < -0.39 is 9.71 Å². The smallest absolute Gasteiger partial charge is 0.220 e. The Kier molecular flexibility index (Phi) is 3.91. The molecule has 1 aromatic carbocycles. The molecule has 0 fully saturated rings.